The Balaban J connectivity index is 0.00000243. The number of aromatic hydroxyl groups is 1. The topological polar surface area (TPSA) is 99.3 Å². The van der Waals surface area contributed by atoms with Gasteiger partial charge >= 0.3 is 0 Å². The second-order valence-electron chi connectivity index (χ2n) is 5.77. The number of phenols is 1. The van der Waals surface area contributed by atoms with E-state index in [1.54, 1.807) is 18.2 Å². The average Bonchev–Trinajstić information content (AvgIpc) is 3.02. The molecule has 0 spiro atoms. The molecule has 26 heavy (non-hydrogen) atoms. The Labute approximate surface area is 160 Å². The van der Waals surface area contributed by atoms with E-state index in [9.17, 15) is 18.3 Å². The number of hydrogen-bond donors (Lipinski definition) is 3. The van der Waals surface area contributed by atoms with E-state index < -0.39 is 9.84 Å². The van der Waals surface area contributed by atoms with Crippen LogP contribution in [0, 0.1) is 0 Å². The second kappa shape index (κ2) is 8.22. The zero-order valence-electron chi connectivity index (χ0n) is 14.0. The van der Waals surface area contributed by atoms with Crippen molar-refractivity contribution < 1.29 is 13.5 Å². The van der Waals surface area contributed by atoms with Crippen LogP contribution in [0.2, 0.25) is 0 Å². The van der Waals surface area contributed by atoms with Crippen molar-refractivity contribution in [3.63, 3.8) is 0 Å². The molecule has 0 radical (unpaired) electrons. The van der Waals surface area contributed by atoms with E-state index in [1.807, 2.05) is 17.5 Å². The Morgan fingerprint density at radius 2 is 2.08 bits per heavy atom. The number of halogens is 1. The minimum Gasteiger partial charge on any atom is -0.507 e. The lowest BCUT2D eigenvalue weighted by molar-refractivity contribution is 0.475. The highest BCUT2D eigenvalue weighted by atomic mass is 35.5. The number of thiophene rings is 1. The summed E-state index contributed by atoms with van der Waals surface area (Å²) >= 11 is 1.36. The predicted octanol–water partition coefficient (Wildman–Crippen LogP) is 2.52. The molecule has 0 atom stereocenters. The molecule has 9 heteroatoms. The molecule has 0 aliphatic carbocycles. The molecule has 0 saturated heterocycles. The highest BCUT2D eigenvalue weighted by molar-refractivity contribution is 7.90. The largest absolute Gasteiger partial charge is 0.507 e. The molecule has 2 aromatic heterocycles. The fraction of sp³-hybridized carbons (Fsp3) is 0.235. The van der Waals surface area contributed by atoms with Crippen LogP contribution in [0.25, 0.3) is 27.1 Å². The number of fused-ring (bicyclic) bond motifs is 3. The molecule has 0 bridgehead atoms. The first-order valence-electron chi connectivity index (χ1n) is 7.67. The van der Waals surface area contributed by atoms with Crippen LogP contribution in [-0.4, -0.2) is 43.6 Å². The van der Waals surface area contributed by atoms with Crippen molar-refractivity contribution in [2.75, 3.05) is 25.1 Å². The predicted molar refractivity (Wildman–Crippen MR) is 110 cm³/mol. The van der Waals surface area contributed by atoms with E-state index in [0.717, 1.165) is 10.8 Å². The summed E-state index contributed by atoms with van der Waals surface area (Å²) in [6.45, 7) is 0.842. The first kappa shape index (κ1) is 20.4. The molecular formula is C17H19ClN2O4S2. The Morgan fingerprint density at radius 3 is 2.81 bits per heavy atom. The summed E-state index contributed by atoms with van der Waals surface area (Å²) in [5, 5.41) is 16.7. The fourth-order valence-corrected chi connectivity index (χ4v) is 3.96. The molecule has 0 unspecified atom stereocenters. The third kappa shape index (κ3) is 4.45. The molecule has 2 heterocycles. The highest BCUT2D eigenvalue weighted by Crippen LogP contribution is 2.33. The van der Waals surface area contributed by atoms with Gasteiger partial charge in [-0.15, -0.1) is 23.7 Å². The summed E-state index contributed by atoms with van der Waals surface area (Å²) in [4.78, 5) is 14.9. The van der Waals surface area contributed by atoms with Gasteiger partial charge in [0, 0.05) is 41.2 Å². The van der Waals surface area contributed by atoms with Crippen LogP contribution in [0.5, 0.6) is 5.75 Å². The number of pyridine rings is 1. The number of nitrogens with one attached hydrogen (secondary N) is 2. The van der Waals surface area contributed by atoms with E-state index in [1.165, 1.54) is 17.6 Å². The quantitative estimate of drug-likeness (QED) is 0.538. The first-order valence-corrected chi connectivity index (χ1v) is 10.6. The Bertz CT molecular complexity index is 1120. The van der Waals surface area contributed by atoms with Crippen LogP contribution in [-0.2, 0) is 9.84 Å². The highest BCUT2D eigenvalue weighted by Gasteiger charge is 2.11. The number of benzene rings is 1. The van der Waals surface area contributed by atoms with Crippen molar-refractivity contribution in [2.45, 2.75) is 0 Å². The molecular weight excluding hydrogens is 396 g/mol. The maximum atomic E-state index is 12.1. The minimum absolute atomic E-state index is 0. The van der Waals surface area contributed by atoms with Crippen LogP contribution in [0.1, 0.15) is 5.56 Å². The lowest BCUT2D eigenvalue weighted by Gasteiger charge is -2.07. The second-order valence-corrected chi connectivity index (χ2v) is 8.95. The van der Waals surface area contributed by atoms with Gasteiger partial charge in [0.1, 0.15) is 20.3 Å². The molecule has 140 valence electrons. The smallest absolute Gasteiger partial charge is 0.266 e. The van der Waals surface area contributed by atoms with Gasteiger partial charge in [-0.2, -0.15) is 0 Å². The monoisotopic (exact) mass is 414 g/mol. The zero-order chi connectivity index (χ0) is 18.0. The average molecular weight is 415 g/mol. The number of phenolic OH excluding ortho intramolecular Hbond substituents is 1. The van der Waals surface area contributed by atoms with Gasteiger partial charge in [-0.3, -0.25) is 4.79 Å². The number of H-pyrrole nitrogens is 1. The SMILES string of the molecule is CS(=O)(=O)CCNCC=Cc1c(O)ccc2[nH]c(=O)c3sccc3c12.Cl. The minimum atomic E-state index is -2.98. The van der Waals surface area contributed by atoms with E-state index >= 15 is 0 Å². The van der Waals surface area contributed by atoms with Crippen molar-refractivity contribution in [3.8, 4) is 5.75 Å². The summed E-state index contributed by atoms with van der Waals surface area (Å²) in [7, 11) is -2.98. The van der Waals surface area contributed by atoms with Gasteiger partial charge < -0.3 is 15.4 Å². The molecule has 3 aromatic rings. The van der Waals surface area contributed by atoms with E-state index in [4.69, 9.17) is 0 Å². The Morgan fingerprint density at radius 1 is 1.31 bits per heavy atom. The first-order chi connectivity index (χ1) is 11.9. The van der Waals surface area contributed by atoms with E-state index in [0.29, 0.717) is 28.9 Å². The normalized spacial score (nSPS) is 12.0. The summed E-state index contributed by atoms with van der Waals surface area (Å²) in [5.41, 5.74) is 1.15. The zero-order valence-corrected chi connectivity index (χ0v) is 16.4. The summed E-state index contributed by atoms with van der Waals surface area (Å²) in [5.74, 6) is 0.205. The molecule has 6 nitrogen and oxygen atoms in total. The number of aromatic nitrogens is 1. The summed E-state index contributed by atoms with van der Waals surface area (Å²) in [6.07, 6.45) is 4.80. The van der Waals surface area contributed by atoms with Gasteiger partial charge in [0.25, 0.3) is 5.56 Å². The van der Waals surface area contributed by atoms with Crippen LogP contribution in [0.3, 0.4) is 0 Å². The molecule has 0 fully saturated rings. The molecule has 1 aromatic carbocycles. The Hall–Kier alpha value is -1.87. The van der Waals surface area contributed by atoms with Crippen LogP contribution >= 0.6 is 23.7 Å². The molecule has 3 rings (SSSR count). The number of rotatable bonds is 6. The van der Waals surface area contributed by atoms with Gasteiger partial charge in [-0.25, -0.2) is 8.42 Å². The molecule has 3 N–H and O–H groups in total. The van der Waals surface area contributed by atoms with Gasteiger partial charge in [-0.1, -0.05) is 12.2 Å². The maximum Gasteiger partial charge on any atom is 0.266 e. The summed E-state index contributed by atoms with van der Waals surface area (Å²) < 4.78 is 22.8. The van der Waals surface area contributed by atoms with Crippen LogP contribution < -0.4 is 10.9 Å². The van der Waals surface area contributed by atoms with Crippen LogP contribution in [0.4, 0.5) is 0 Å². The van der Waals surface area contributed by atoms with Crippen molar-refractivity contribution in [2.24, 2.45) is 0 Å². The Kier molecular flexibility index (Phi) is 6.46. The number of aromatic amines is 1. The van der Waals surface area contributed by atoms with E-state index in [-0.39, 0.29) is 29.5 Å². The third-order valence-corrected chi connectivity index (χ3v) is 5.67. The standard InChI is InChI=1S/C17H18N2O4S2.ClH/c1-25(22,23)10-8-18-7-2-3-11-14(20)5-4-13-15(11)12-6-9-24-16(12)17(21)19-13;/h2-6,9,18,20H,7-8,10H2,1H3,(H,19,21);1H. The van der Waals surface area contributed by atoms with Crippen molar-refractivity contribution >= 4 is 60.6 Å². The molecule has 0 aliphatic rings. The number of sulfone groups is 1. The van der Waals surface area contributed by atoms with Gasteiger partial charge in [0.2, 0.25) is 0 Å². The van der Waals surface area contributed by atoms with Gasteiger partial charge in [0.15, 0.2) is 0 Å². The van der Waals surface area contributed by atoms with Gasteiger partial charge in [0.05, 0.1) is 5.75 Å². The lowest BCUT2D eigenvalue weighted by Crippen LogP contribution is -2.22. The molecule has 0 amide bonds. The fourth-order valence-electron chi connectivity index (χ4n) is 2.65. The van der Waals surface area contributed by atoms with Gasteiger partial charge in [-0.05, 0) is 23.6 Å². The van der Waals surface area contributed by atoms with Crippen molar-refractivity contribution in [3.05, 3.63) is 45.6 Å². The van der Waals surface area contributed by atoms with Crippen LogP contribution in [0.15, 0.2) is 34.4 Å². The molecule has 0 saturated carbocycles. The molecule has 0 aliphatic heterocycles. The van der Waals surface area contributed by atoms with Crippen molar-refractivity contribution in [1.29, 1.82) is 0 Å². The maximum absolute atomic E-state index is 12.1. The number of hydrogen-bond acceptors (Lipinski definition) is 6. The summed E-state index contributed by atoms with van der Waals surface area (Å²) in [6, 6.07) is 5.11. The lowest BCUT2D eigenvalue weighted by atomic mass is 10.0. The van der Waals surface area contributed by atoms with E-state index in [2.05, 4.69) is 10.3 Å². The van der Waals surface area contributed by atoms with Crippen molar-refractivity contribution in [1.82, 2.24) is 10.3 Å². The third-order valence-electron chi connectivity index (χ3n) is 3.81.